The number of carbonyl (C=O) groups is 1. The minimum atomic E-state index is -0.181. The van der Waals surface area contributed by atoms with Crippen LogP contribution in [0.25, 0.3) is 5.65 Å². The molecule has 3 aromatic rings. The number of aromatic nitrogens is 4. The van der Waals surface area contributed by atoms with E-state index in [-0.39, 0.29) is 17.6 Å². The van der Waals surface area contributed by atoms with Gasteiger partial charge in [-0.1, -0.05) is 25.6 Å². The SMILES string of the molecule is COc1cc(NC(=O)CSc2ccc3nnc(C(C)C)n3n2)cc(OC)c1OC. The molecule has 9 nitrogen and oxygen atoms in total. The van der Waals surface area contributed by atoms with E-state index < -0.39 is 0 Å². The van der Waals surface area contributed by atoms with E-state index in [2.05, 4.69) is 20.6 Å². The second-order valence-electron chi connectivity index (χ2n) is 6.41. The zero-order chi connectivity index (χ0) is 21.0. The van der Waals surface area contributed by atoms with Crippen molar-refractivity contribution in [2.24, 2.45) is 0 Å². The molecule has 0 aliphatic rings. The molecule has 10 heteroatoms. The van der Waals surface area contributed by atoms with Gasteiger partial charge in [0.1, 0.15) is 5.03 Å². The minimum Gasteiger partial charge on any atom is -0.493 e. The lowest BCUT2D eigenvalue weighted by Gasteiger charge is -2.14. The maximum Gasteiger partial charge on any atom is 0.234 e. The Bertz CT molecular complexity index is 996. The van der Waals surface area contributed by atoms with Crippen LogP contribution in [0, 0.1) is 0 Å². The molecule has 0 radical (unpaired) electrons. The number of hydrogen-bond acceptors (Lipinski definition) is 8. The molecule has 1 N–H and O–H groups in total. The van der Waals surface area contributed by atoms with Crippen molar-refractivity contribution >= 4 is 29.0 Å². The van der Waals surface area contributed by atoms with Gasteiger partial charge in [-0.3, -0.25) is 4.79 Å². The Hall–Kier alpha value is -3.01. The third-order valence-corrected chi connectivity index (χ3v) is 5.00. The molecule has 0 fully saturated rings. The molecule has 0 spiro atoms. The molecule has 29 heavy (non-hydrogen) atoms. The first-order valence-corrected chi connectivity index (χ1v) is 9.90. The van der Waals surface area contributed by atoms with Gasteiger partial charge in [0.15, 0.2) is 23.0 Å². The van der Waals surface area contributed by atoms with Crippen molar-refractivity contribution in [2.75, 3.05) is 32.4 Å². The number of nitrogens with zero attached hydrogens (tertiary/aromatic N) is 4. The fraction of sp³-hybridized carbons (Fsp3) is 0.368. The molecule has 2 aromatic heterocycles. The second-order valence-corrected chi connectivity index (χ2v) is 7.40. The Morgan fingerprint density at radius 2 is 1.79 bits per heavy atom. The predicted molar refractivity (Wildman–Crippen MR) is 110 cm³/mol. The van der Waals surface area contributed by atoms with Gasteiger partial charge in [-0.05, 0) is 12.1 Å². The molecule has 0 unspecified atom stereocenters. The average molecular weight is 417 g/mol. The van der Waals surface area contributed by atoms with Gasteiger partial charge >= 0.3 is 0 Å². The number of amides is 1. The summed E-state index contributed by atoms with van der Waals surface area (Å²) < 4.78 is 17.6. The van der Waals surface area contributed by atoms with Gasteiger partial charge in [0.25, 0.3) is 0 Å². The molecule has 3 rings (SSSR count). The third-order valence-electron chi connectivity index (χ3n) is 4.08. The first-order chi connectivity index (χ1) is 14.0. The summed E-state index contributed by atoms with van der Waals surface area (Å²) in [5.41, 5.74) is 1.23. The van der Waals surface area contributed by atoms with E-state index in [0.717, 1.165) is 5.82 Å². The number of fused-ring (bicyclic) bond motifs is 1. The molecular weight excluding hydrogens is 394 g/mol. The number of hydrogen-bond donors (Lipinski definition) is 1. The Labute approximate surface area is 172 Å². The molecular formula is C19H23N5O4S. The first-order valence-electron chi connectivity index (χ1n) is 8.91. The van der Waals surface area contributed by atoms with Crippen molar-refractivity contribution in [3.05, 3.63) is 30.1 Å². The van der Waals surface area contributed by atoms with Crippen LogP contribution in [0.1, 0.15) is 25.6 Å². The van der Waals surface area contributed by atoms with E-state index in [1.807, 2.05) is 26.0 Å². The highest BCUT2D eigenvalue weighted by atomic mass is 32.2. The minimum absolute atomic E-state index is 0.181. The summed E-state index contributed by atoms with van der Waals surface area (Å²) in [6.45, 7) is 4.06. The van der Waals surface area contributed by atoms with E-state index >= 15 is 0 Å². The zero-order valence-corrected chi connectivity index (χ0v) is 17.7. The number of anilines is 1. The van der Waals surface area contributed by atoms with Gasteiger partial charge in [-0.25, -0.2) is 0 Å². The number of thioether (sulfide) groups is 1. The van der Waals surface area contributed by atoms with Gasteiger partial charge in [0.2, 0.25) is 11.7 Å². The molecule has 1 amide bonds. The lowest BCUT2D eigenvalue weighted by atomic mass is 10.2. The Morgan fingerprint density at radius 3 is 2.38 bits per heavy atom. The quantitative estimate of drug-likeness (QED) is 0.559. The molecule has 0 bridgehead atoms. The highest BCUT2D eigenvalue weighted by Crippen LogP contribution is 2.40. The second kappa shape index (κ2) is 8.99. The van der Waals surface area contributed by atoms with E-state index in [0.29, 0.717) is 33.6 Å². The molecule has 0 saturated heterocycles. The number of methoxy groups -OCH3 is 3. The molecule has 0 saturated carbocycles. The highest BCUT2D eigenvalue weighted by molar-refractivity contribution is 7.99. The maximum absolute atomic E-state index is 12.4. The van der Waals surface area contributed by atoms with Crippen LogP contribution in [0.3, 0.4) is 0 Å². The smallest absolute Gasteiger partial charge is 0.234 e. The molecule has 0 aliphatic heterocycles. The lowest BCUT2D eigenvalue weighted by molar-refractivity contribution is -0.113. The highest BCUT2D eigenvalue weighted by Gasteiger charge is 2.15. The van der Waals surface area contributed by atoms with E-state index in [1.54, 1.807) is 16.6 Å². The normalized spacial score (nSPS) is 11.0. The average Bonchev–Trinajstić information content (AvgIpc) is 3.15. The van der Waals surface area contributed by atoms with Crippen molar-refractivity contribution < 1.29 is 19.0 Å². The summed E-state index contributed by atoms with van der Waals surface area (Å²) >= 11 is 1.33. The van der Waals surface area contributed by atoms with E-state index in [1.165, 1.54) is 33.1 Å². The monoisotopic (exact) mass is 417 g/mol. The standard InChI is InChI=1S/C19H23N5O4S/c1-11(2)19-22-21-15-6-7-17(23-24(15)19)29-10-16(25)20-12-8-13(26-3)18(28-5)14(9-12)27-4/h6-9,11H,10H2,1-5H3,(H,20,25). The van der Waals surface area contributed by atoms with Gasteiger partial charge in [-0.2, -0.15) is 9.61 Å². The third kappa shape index (κ3) is 4.53. The van der Waals surface area contributed by atoms with Crippen LogP contribution in [0.2, 0.25) is 0 Å². The maximum atomic E-state index is 12.4. The Kier molecular flexibility index (Phi) is 6.42. The predicted octanol–water partition coefficient (Wildman–Crippen LogP) is 3.00. The van der Waals surface area contributed by atoms with Crippen molar-refractivity contribution in [1.82, 2.24) is 19.8 Å². The van der Waals surface area contributed by atoms with Crippen LogP contribution >= 0.6 is 11.8 Å². The summed E-state index contributed by atoms with van der Waals surface area (Å²) in [4.78, 5) is 12.4. The van der Waals surface area contributed by atoms with Gasteiger partial charge < -0.3 is 19.5 Å². The molecule has 0 atom stereocenters. The van der Waals surface area contributed by atoms with E-state index in [9.17, 15) is 4.79 Å². The lowest BCUT2D eigenvalue weighted by Crippen LogP contribution is -2.14. The molecule has 1 aromatic carbocycles. The van der Waals surface area contributed by atoms with Crippen LogP contribution in [0.5, 0.6) is 17.2 Å². The largest absolute Gasteiger partial charge is 0.493 e. The molecule has 2 heterocycles. The fourth-order valence-electron chi connectivity index (χ4n) is 2.72. The Morgan fingerprint density at radius 1 is 1.10 bits per heavy atom. The topological polar surface area (TPSA) is 99.9 Å². The molecule has 0 aliphatic carbocycles. The fourth-order valence-corrected chi connectivity index (χ4v) is 3.37. The number of benzene rings is 1. The van der Waals surface area contributed by atoms with Crippen molar-refractivity contribution in [1.29, 1.82) is 0 Å². The van der Waals surface area contributed by atoms with Crippen molar-refractivity contribution in [2.45, 2.75) is 24.8 Å². The van der Waals surface area contributed by atoms with Crippen molar-refractivity contribution in [3.63, 3.8) is 0 Å². The van der Waals surface area contributed by atoms with Gasteiger partial charge in [0, 0.05) is 23.7 Å². The van der Waals surface area contributed by atoms with Crippen LogP contribution < -0.4 is 19.5 Å². The van der Waals surface area contributed by atoms with Gasteiger partial charge in [-0.15, -0.1) is 10.2 Å². The summed E-state index contributed by atoms with van der Waals surface area (Å²) in [5, 5.41) is 16.3. The summed E-state index contributed by atoms with van der Waals surface area (Å²) in [5.74, 6) is 2.39. The van der Waals surface area contributed by atoms with Gasteiger partial charge in [0.05, 0.1) is 27.1 Å². The summed E-state index contributed by atoms with van der Waals surface area (Å²) in [6.07, 6.45) is 0. The van der Waals surface area contributed by atoms with E-state index in [4.69, 9.17) is 14.2 Å². The summed E-state index contributed by atoms with van der Waals surface area (Å²) in [7, 11) is 4.58. The van der Waals surface area contributed by atoms with Crippen LogP contribution in [0.4, 0.5) is 5.69 Å². The number of nitrogens with one attached hydrogen (secondary N) is 1. The number of carbonyl (C=O) groups excluding carboxylic acids is 1. The van der Waals surface area contributed by atoms with Crippen LogP contribution in [0.15, 0.2) is 29.3 Å². The number of rotatable bonds is 8. The summed E-state index contributed by atoms with van der Waals surface area (Å²) in [6, 6.07) is 7.03. The number of ether oxygens (including phenoxy) is 3. The first kappa shape index (κ1) is 20.7. The molecule has 154 valence electrons. The Balaban J connectivity index is 1.70. The van der Waals surface area contributed by atoms with Crippen molar-refractivity contribution in [3.8, 4) is 17.2 Å². The van der Waals surface area contributed by atoms with Crippen LogP contribution in [-0.2, 0) is 4.79 Å². The zero-order valence-electron chi connectivity index (χ0n) is 16.9. The van der Waals surface area contributed by atoms with Crippen LogP contribution in [-0.4, -0.2) is 52.8 Å².